The van der Waals surface area contributed by atoms with Crippen LogP contribution in [0.2, 0.25) is 0 Å². The molecule has 57 heavy (non-hydrogen) atoms. The molecule has 4 heterocycles. The van der Waals surface area contributed by atoms with E-state index in [1.165, 1.54) is 75.3 Å². The van der Waals surface area contributed by atoms with E-state index in [-0.39, 0.29) is 0 Å². The number of fused-ring (bicyclic) bond motifs is 14. The van der Waals surface area contributed by atoms with E-state index in [0.717, 1.165) is 45.3 Å². The van der Waals surface area contributed by atoms with Gasteiger partial charge in [0, 0.05) is 43.7 Å². The predicted octanol–water partition coefficient (Wildman–Crippen LogP) is 14.9. The fourth-order valence-corrected chi connectivity index (χ4v) is 10.6. The second-order valence-corrected chi connectivity index (χ2v) is 15.9. The minimum absolute atomic E-state index is 0.809. The van der Waals surface area contributed by atoms with E-state index in [1.807, 2.05) is 11.3 Å². The Morgan fingerprint density at radius 1 is 0.526 bits per heavy atom. The highest BCUT2D eigenvalue weighted by atomic mass is 32.1. The van der Waals surface area contributed by atoms with Gasteiger partial charge >= 0.3 is 0 Å². The third-order valence-electron chi connectivity index (χ3n) is 11.7. The minimum atomic E-state index is 0.809. The lowest BCUT2D eigenvalue weighted by Crippen LogP contribution is -1.98. The van der Waals surface area contributed by atoms with Crippen molar-refractivity contribution in [1.82, 2.24) is 9.13 Å². The first-order valence-corrected chi connectivity index (χ1v) is 20.2. The monoisotopic (exact) mass is 746 g/mol. The van der Waals surface area contributed by atoms with Crippen molar-refractivity contribution in [3.63, 3.8) is 0 Å². The molecule has 3 nitrogen and oxygen atoms in total. The summed E-state index contributed by atoms with van der Waals surface area (Å²) in [5.74, 6) is 0. The molecule has 0 atom stereocenters. The van der Waals surface area contributed by atoms with Gasteiger partial charge in [-0.15, -0.1) is 0 Å². The number of aromatic nitrogens is 2. The second kappa shape index (κ2) is 12.4. The van der Waals surface area contributed by atoms with Crippen molar-refractivity contribution in [1.29, 1.82) is 0 Å². The molecule has 268 valence electrons. The largest absolute Gasteiger partial charge is 0.456 e. The van der Waals surface area contributed by atoms with Gasteiger partial charge in [0.05, 0.1) is 11.2 Å². The van der Waals surface area contributed by atoms with Crippen LogP contribution < -0.4 is 0 Å². The lowest BCUT2D eigenvalue weighted by Gasteiger charge is -2.11. The predicted molar refractivity (Wildman–Crippen MR) is 243 cm³/mol. The fourth-order valence-electron chi connectivity index (χ4n) is 9.20. The third kappa shape index (κ3) is 4.78. The van der Waals surface area contributed by atoms with Gasteiger partial charge in [0.1, 0.15) is 20.8 Å². The van der Waals surface area contributed by atoms with E-state index >= 15 is 0 Å². The standard InChI is InChI=1S/C53H34N2OS/c1-33-15-5-2-10-24-41-45(29-25-33)54(36-19-8-4-9-20-36)52-49(41)50-42-28-26-35-18-11-12-21-38(35)51(42)55(53(50)57-52)37-27-30-46-44(31-37)48-40-23-14-13-22-39(40)43(32-47(48)56-46)34-16-6-3-7-17-34/h2-23,25-32H,1,24H2/b10-2-,15-5-,29-25-. The lowest BCUT2D eigenvalue weighted by molar-refractivity contribution is 0.669. The summed E-state index contributed by atoms with van der Waals surface area (Å²) in [6.45, 7) is 4.31. The summed E-state index contributed by atoms with van der Waals surface area (Å²) < 4.78 is 11.7. The van der Waals surface area contributed by atoms with E-state index in [1.54, 1.807) is 0 Å². The number of para-hydroxylation sites is 1. The quantitative estimate of drug-likeness (QED) is 0.177. The SMILES string of the molecule is C=C1/C=C\C=C/Cc2c(n(-c3ccccc3)c3sc4c(c5ccc6ccccc6c5n4-c4ccc5oc6cc(-c7ccccc7)c7ccccc7c6c5c4)c23)/C=C\1. The Labute approximate surface area is 332 Å². The molecule has 1 aliphatic carbocycles. The third-order valence-corrected chi connectivity index (χ3v) is 12.8. The molecule has 1 aliphatic rings. The Morgan fingerprint density at radius 2 is 1.28 bits per heavy atom. The summed E-state index contributed by atoms with van der Waals surface area (Å²) in [5, 5.41) is 11.0. The average molecular weight is 747 g/mol. The maximum Gasteiger partial charge on any atom is 0.136 e. The highest BCUT2D eigenvalue weighted by molar-refractivity contribution is 7.25. The normalized spacial score (nSPS) is 15.1. The summed E-state index contributed by atoms with van der Waals surface area (Å²) in [7, 11) is 0. The van der Waals surface area contributed by atoms with Crippen molar-refractivity contribution < 1.29 is 4.42 Å². The summed E-state index contributed by atoms with van der Waals surface area (Å²) in [6, 6.07) is 52.6. The Balaban J connectivity index is 1.21. The Kier molecular flexibility index (Phi) is 7.01. The van der Waals surface area contributed by atoms with Crippen molar-refractivity contribution in [2.24, 2.45) is 0 Å². The van der Waals surface area contributed by atoms with Gasteiger partial charge in [0.25, 0.3) is 0 Å². The van der Waals surface area contributed by atoms with Crippen LogP contribution in [0.1, 0.15) is 11.3 Å². The van der Waals surface area contributed by atoms with Crippen LogP contribution in [0.5, 0.6) is 0 Å². The van der Waals surface area contributed by atoms with Gasteiger partial charge in [-0.05, 0) is 87.3 Å². The van der Waals surface area contributed by atoms with Crippen LogP contribution in [0.3, 0.4) is 0 Å². The van der Waals surface area contributed by atoms with E-state index < -0.39 is 0 Å². The average Bonchev–Trinajstić information content (AvgIpc) is 3.99. The van der Waals surface area contributed by atoms with Crippen LogP contribution in [0.4, 0.5) is 0 Å². The molecular formula is C53H34N2OS. The van der Waals surface area contributed by atoms with Crippen LogP contribution in [0.25, 0.3) is 103 Å². The summed E-state index contributed by atoms with van der Waals surface area (Å²) in [4.78, 5) is 2.47. The molecule has 0 fully saturated rings. The highest BCUT2D eigenvalue weighted by Crippen LogP contribution is 2.49. The number of benzene rings is 7. The van der Waals surface area contributed by atoms with Gasteiger partial charge in [-0.2, -0.15) is 0 Å². The molecule has 0 amide bonds. The maximum atomic E-state index is 6.72. The van der Waals surface area contributed by atoms with Gasteiger partial charge < -0.3 is 13.6 Å². The van der Waals surface area contributed by atoms with Crippen LogP contribution in [0, 0.1) is 0 Å². The number of nitrogens with zero attached hydrogens (tertiary/aromatic N) is 2. The number of hydrogen-bond donors (Lipinski definition) is 0. The number of thiophene rings is 1. The molecule has 4 heteroatoms. The number of allylic oxidation sites excluding steroid dienone is 6. The minimum Gasteiger partial charge on any atom is -0.456 e. The highest BCUT2D eigenvalue weighted by Gasteiger charge is 2.27. The molecule has 0 spiro atoms. The summed E-state index contributed by atoms with van der Waals surface area (Å²) in [5.41, 5.74) is 11.1. The fraction of sp³-hybridized carbons (Fsp3) is 0.0189. The molecule has 0 aliphatic heterocycles. The molecule has 0 unspecified atom stereocenters. The zero-order valence-corrected chi connectivity index (χ0v) is 31.8. The van der Waals surface area contributed by atoms with Crippen molar-refractivity contribution in [2.45, 2.75) is 6.42 Å². The first kappa shape index (κ1) is 32.1. The number of rotatable bonds is 3. The van der Waals surface area contributed by atoms with Crippen LogP contribution in [-0.4, -0.2) is 9.13 Å². The van der Waals surface area contributed by atoms with Crippen molar-refractivity contribution >= 4 is 92.2 Å². The number of furan rings is 1. The zero-order chi connectivity index (χ0) is 37.6. The van der Waals surface area contributed by atoms with Gasteiger partial charge in [-0.1, -0.05) is 157 Å². The van der Waals surface area contributed by atoms with Crippen molar-refractivity contribution in [2.75, 3.05) is 0 Å². The Hall–Kier alpha value is -7.14. The van der Waals surface area contributed by atoms with Gasteiger partial charge in [-0.25, -0.2) is 0 Å². The number of hydrogen-bond acceptors (Lipinski definition) is 2. The topological polar surface area (TPSA) is 23.0 Å². The molecule has 0 N–H and O–H groups in total. The van der Waals surface area contributed by atoms with Gasteiger partial charge in [-0.3, -0.25) is 0 Å². The van der Waals surface area contributed by atoms with Crippen LogP contribution >= 0.6 is 11.3 Å². The zero-order valence-electron chi connectivity index (χ0n) is 30.9. The summed E-state index contributed by atoms with van der Waals surface area (Å²) in [6.07, 6.45) is 13.8. The Bertz CT molecular complexity index is 3550. The van der Waals surface area contributed by atoms with Gasteiger partial charge in [0.15, 0.2) is 0 Å². The van der Waals surface area contributed by atoms with E-state index in [2.05, 4.69) is 198 Å². The van der Waals surface area contributed by atoms with Gasteiger partial charge in [0.2, 0.25) is 0 Å². The summed E-state index contributed by atoms with van der Waals surface area (Å²) >= 11 is 1.88. The van der Waals surface area contributed by atoms with Crippen LogP contribution in [-0.2, 0) is 6.42 Å². The molecule has 0 saturated heterocycles. The van der Waals surface area contributed by atoms with E-state index in [4.69, 9.17) is 4.42 Å². The maximum absolute atomic E-state index is 6.72. The van der Waals surface area contributed by atoms with Crippen LogP contribution in [0.15, 0.2) is 193 Å². The van der Waals surface area contributed by atoms with Crippen molar-refractivity contribution in [3.05, 3.63) is 199 Å². The molecule has 0 radical (unpaired) electrons. The molecule has 0 bridgehead atoms. The first-order valence-electron chi connectivity index (χ1n) is 19.4. The van der Waals surface area contributed by atoms with Crippen molar-refractivity contribution in [3.8, 4) is 22.5 Å². The lowest BCUT2D eigenvalue weighted by atomic mass is 9.95. The second-order valence-electron chi connectivity index (χ2n) is 14.9. The molecule has 11 aromatic rings. The molecule has 4 aromatic heterocycles. The molecule has 0 saturated carbocycles. The van der Waals surface area contributed by atoms with E-state index in [0.29, 0.717) is 0 Å². The molecular weight excluding hydrogens is 713 g/mol. The molecule has 12 rings (SSSR count). The van der Waals surface area contributed by atoms with E-state index in [9.17, 15) is 0 Å². The smallest absolute Gasteiger partial charge is 0.136 e. The first-order chi connectivity index (χ1) is 28.2. The molecule has 7 aromatic carbocycles. The Morgan fingerprint density at radius 3 is 2.14 bits per heavy atom.